The molecule has 3 N–H and O–H groups in total. The molecular formula is C20H17Cl2F2N5O4. The third kappa shape index (κ3) is 3.06. The van der Waals surface area contributed by atoms with Gasteiger partial charge in [0, 0.05) is 36.3 Å². The molecular weight excluding hydrogens is 483 g/mol. The van der Waals surface area contributed by atoms with Gasteiger partial charge in [-0.1, -0.05) is 23.2 Å². The quantitative estimate of drug-likeness (QED) is 0.597. The Kier molecular flexibility index (Phi) is 4.76. The molecule has 2 amide bonds. The summed E-state index contributed by atoms with van der Waals surface area (Å²) in [7, 11) is 1.67. The second kappa shape index (κ2) is 7.12. The van der Waals surface area contributed by atoms with E-state index in [0.717, 1.165) is 4.90 Å². The van der Waals surface area contributed by atoms with Crippen LogP contribution >= 0.6 is 23.2 Å². The van der Waals surface area contributed by atoms with Crippen LogP contribution in [0.4, 0.5) is 20.3 Å². The summed E-state index contributed by atoms with van der Waals surface area (Å²) in [6.45, 7) is -0.897. The van der Waals surface area contributed by atoms with E-state index in [1.807, 2.05) is 0 Å². The highest BCUT2D eigenvalue weighted by Gasteiger charge is 2.74. The van der Waals surface area contributed by atoms with Gasteiger partial charge in [0.2, 0.25) is 5.91 Å². The van der Waals surface area contributed by atoms with Gasteiger partial charge >= 0.3 is 5.97 Å². The Balaban J connectivity index is 1.70. The monoisotopic (exact) mass is 499 g/mol. The Morgan fingerprint density at radius 3 is 2.70 bits per heavy atom. The number of anilines is 2. The number of carboxylic acids is 1. The van der Waals surface area contributed by atoms with Gasteiger partial charge in [-0.25, -0.2) is 13.8 Å². The van der Waals surface area contributed by atoms with E-state index in [0.29, 0.717) is 0 Å². The van der Waals surface area contributed by atoms with Crippen LogP contribution in [0.1, 0.15) is 12.0 Å². The Hall–Kier alpha value is -2.76. The number of aryl methyl sites for hydroxylation is 1. The molecule has 174 valence electrons. The minimum absolute atomic E-state index is 0.0377. The van der Waals surface area contributed by atoms with Crippen LogP contribution in [0.15, 0.2) is 24.7 Å². The van der Waals surface area contributed by atoms with Crippen LogP contribution < -0.4 is 10.6 Å². The summed E-state index contributed by atoms with van der Waals surface area (Å²) in [5, 5.41) is 15.4. The molecule has 0 aliphatic carbocycles. The Bertz CT molecular complexity index is 1220. The second-order valence-corrected chi connectivity index (χ2v) is 9.38. The number of aliphatic carboxylic acids is 1. The highest BCUT2D eigenvalue weighted by molar-refractivity contribution is 6.38. The third-order valence-corrected chi connectivity index (χ3v) is 7.08. The number of halogens is 4. The van der Waals surface area contributed by atoms with Crippen LogP contribution in [-0.2, 0) is 27.0 Å². The number of rotatable bonds is 3. The van der Waals surface area contributed by atoms with Crippen LogP contribution in [0.25, 0.3) is 0 Å². The van der Waals surface area contributed by atoms with Gasteiger partial charge < -0.3 is 20.3 Å². The zero-order valence-corrected chi connectivity index (χ0v) is 18.5. The Morgan fingerprint density at radius 2 is 2.06 bits per heavy atom. The van der Waals surface area contributed by atoms with Crippen molar-refractivity contribution in [3.8, 4) is 0 Å². The molecule has 0 radical (unpaired) electrons. The van der Waals surface area contributed by atoms with Crippen molar-refractivity contribution in [2.75, 3.05) is 17.2 Å². The van der Waals surface area contributed by atoms with Crippen molar-refractivity contribution in [3.63, 3.8) is 0 Å². The number of hydrogen-bond acceptors (Lipinski definition) is 5. The van der Waals surface area contributed by atoms with Gasteiger partial charge in [-0.2, -0.15) is 0 Å². The molecule has 0 saturated carbocycles. The zero-order valence-electron chi connectivity index (χ0n) is 17.0. The normalized spacial score (nSPS) is 29.7. The van der Waals surface area contributed by atoms with Crippen LogP contribution in [0.5, 0.6) is 0 Å². The molecule has 13 heteroatoms. The molecule has 4 heterocycles. The van der Waals surface area contributed by atoms with Gasteiger partial charge in [-0.15, -0.1) is 0 Å². The number of carbonyl (C=O) groups is 3. The molecule has 2 aromatic rings. The largest absolute Gasteiger partial charge is 0.481 e. The van der Waals surface area contributed by atoms with E-state index < -0.39 is 60.1 Å². The first kappa shape index (κ1) is 22.1. The first-order valence-corrected chi connectivity index (χ1v) is 10.7. The number of amides is 2. The topological polar surface area (TPSA) is 117 Å². The van der Waals surface area contributed by atoms with E-state index in [1.54, 1.807) is 11.6 Å². The molecule has 1 aromatic carbocycles. The fraction of sp³-hybridized carbons (Fsp3) is 0.400. The highest BCUT2D eigenvalue weighted by Crippen LogP contribution is 2.60. The number of nitrogens with one attached hydrogen (secondary N) is 2. The lowest BCUT2D eigenvalue weighted by Crippen LogP contribution is -2.54. The van der Waals surface area contributed by atoms with Crippen molar-refractivity contribution in [3.05, 3.63) is 40.3 Å². The standard InChI is InChI=1S/C20H17Cl2F2N5O4/c1-28-5-12(25-7-28)26-16(30)13-11-4-19(23,24)6-29(11)20(14(13)17(31)32)9-2-8(21)3-10(22)15(9)27-18(20)33/h2-3,5,7,11,13-14H,4,6H2,1H3,(H,26,30)(H,27,33)(H,31,32)/t11-,13+,14?,20+/m1/s1. The fourth-order valence-corrected chi connectivity index (χ4v) is 6.03. The molecule has 1 spiro atoms. The smallest absolute Gasteiger partial charge is 0.310 e. The summed E-state index contributed by atoms with van der Waals surface area (Å²) >= 11 is 12.4. The summed E-state index contributed by atoms with van der Waals surface area (Å²) in [6, 6.07) is 1.47. The molecule has 1 aromatic heterocycles. The average Bonchev–Trinajstić information content (AvgIpc) is 3.39. The molecule has 1 unspecified atom stereocenters. The number of hydrogen-bond donors (Lipinski definition) is 3. The van der Waals surface area contributed by atoms with Crippen molar-refractivity contribution in [2.24, 2.45) is 18.9 Å². The maximum absolute atomic E-state index is 14.6. The number of imidazole rings is 1. The summed E-state index contributed by atoms with van der Waals surface area (Å²) in [6.07, 6.45) is 2.12. The zero-order chi connectivity index (χ0) is 23.9. The Morgan fingerprint density at radius 1 is 1.33 bits per heavy atom. The van der Waals surface area contributed by atoms with Gasteiger partial charge in [-0.3, -0.25) is 19.3 Å². The summed E-state index contributed by atoms with van der Waals surface area (Å²) in [4.78, 5) is 44.4. The predicted octanol–water partition coefficient (Wildman–Crippen LogP) is 2.55. The van der Waals surface area contributed by atoms with E-state index in [4.69, 9.17) is 23.2 Å². The number of carbonyl (C=O) groups excluding carboxylic acids is 2. The lowest BCUT2D eigenvalue weighted by Gasteiger charge is -2.35. The maximum Gasteiger partial charge on any atom is 0.310 e. The first-order valence-electron chi connectivity index (χ1n) is 9.93. The van der Waals surface area contributed by atoms with Gasteiger partial charge in [-0.05, 0) is 12.1 Å². The third-order valence-electron chi connectivity index (χ3n) is 6.56. The minimum Gasteiger partial charge on any atom is -0.481 e. The van der Waals surface area contributed by atoms with Crippen LogP contribution in [0, 0.1) is 11.8 Å². The highest BCUT2D eigenvalue weighted by atomic mass is 35.5. The molecule has 4 atom stereocenters. The summed E-state index contributed by atoms with van der Waals surface area (Å²) < 4.78 is 30.8. The SMILES string of the molecule is Cn1cnc(NC(=O)[C@@H]2C(C(=O)O)[C@@]3(C(=O)Nc4c(Cl)cc(Cl)cc43)N3CC(F)(F)C[C@H]23)c1. The lowest BCUT2D eigenvalue weighted by molar-refractivity contribution is -0.153. The fourth-order valence-electron chi connectivity index (χ4n) is 5.49. The minimum atomic E-state index is -3.24. The van der Waals surface area contributed by atoms with Crippen molar-refractivity contribution >= 4 is 52.5 Å². The first-order chi connectivity index (χ1) is 15.5. The molecule has 3 aliphatic heterocycles. The summed E-state index contributed by atoms with van der Waals surface area (Å²) in [5.41, 5.74) is -1.93. The molecule has 2 fully saturated rings. The number of aromatic nitrogens is 2. The molecule has 5 rings (SSSR count). The van der Waals surface area contributed by atoms with Gasteiger partial charge in [0.05, 0.1) is 29.5 Å². The van der Waals surface area contributed by atoms with Gasteiger partial charge in [0.15, 0.2) is 5.82 Å². The second-order valence-electron chi connectivity index (χ2n) is 8.54. The maximum atomic E-state index is 14.6. The van der Waals surface area contributed by atoms with Gasteiger partial charge in [0.1, 0.15) is 11.5 Å². The van der Waals surface area contributed by atoms with Crippen LogP contribution in [-0.4, -0.2) is 55.9 Å². The van der Waals surface area contributed by atoms with E-state index in [-0.39, 0.29) is 27.1 Å². The van der Waals surface area contributed by atoms with Crippen LogP contribution in [0.2, 0.25) is 10.0 Å². The summed E-state index contributed by atoms with van der Waals surface area (Å²) in [5.74, 6) is -9.41. The average molecular weight is 500 g/mol. The van der Waals surface area contributed by atoms with E-state index in [1.165, 1.54) is 24.7 Å². The van der Waals surface area contributed by atoms with Crippen molar-refractivity contribution in [2.45, 2.75) is 23.9 Å². The van der Waals surface area contributed by atoms with E-state index in [2.05, 4.69) is 15.6 Å². The predicted molar refractivity (Wildman–Crippen MR) is 113 cm³/mol. The number of fused-ring (bicyclic) bond motifs is 4. The number of carboxylic acid groups (broad SMARTS) is 1. The van der Waals surface area contributed by atoms with Crippen molar-refractivity contribution < 1.29 is 28.3 Å². The molecule has 2 saturated heterocycles. The van der Waals surface area contributed by atoms with Crippen molar-refractivity contribution in [1.29, 1.82) is 0 Å². The molecule has 33 heavy (non-hydrogen) atoms. The molecule has 0 bridgehead atoms. The Labute approximate surface area is 195 Å². The van der Waals surface area contributed by atoms with Crippen molar-refractivity contribution in [1.82, 2.24) is 14.5 Å². The van der Waals surface area contributed by atoms with E-state index in [9.17, 15) is 28.3 Å². The van der Waals surface area contributed by atoms with E-state index >= 15 is 0 Å². The lowest BCUT2D eigenvalue weighted by atomic mass is 9.73. The number of benzene rings is 1. The molecule has 3 aliphatic rings. The number of nitrogens with zero attached hydrogens (tertiary/aromatic N) is 3. The van der Waals surface area contributed by atoms with Crippen LogP contribution in [0.3, 0.4) is 0 Å². The number of alkyl halides is 2. The van der Waals surface area contributed by atoms with Gasteiger partial charge in [0.25, 0.3) is 11.8 Å². The molecule has 9 nitrogen and oxygen atoms in total.